The van der Waals surface area contributed by atoms with Gasteiger partial charge in [-0.05, 0) is 56.8 Å². The summed E-state index contributed by atoms with van der Waals surface area (Å²) in [5.74, 6) is -0.921. The van der Waals surface area contributed by atoms with Crippen LogP contribution in [0.4, 0.5) is 0 Å². The van der Waals surface area contributed by atoms with Crippen LogP contribution in [0.2, 0.25) is 0 Å². The molecule has 2 aliphatic rings. The number of likely N-dealkylation sites (N-methyl/N-ethyl adjacent to an activating group) is 1. The molecule has 0 radical (unpaired) electrons. The molecule has 0 unspecified atom stereocenters. The number of carbonyl (C=O) groups excluding carboxylic acids is 1. The molecule has 1 aromatic heterocycles. The number of aromatic nitrogens is 1. The topological polar surface area (TPSA) is 151 Å². The molecule has 0 aromatic carbocycles. The molecule has 186 valence electrons. The minimum atomic E-state index is -0.833. The fourth-order valence-electron chi connectivity index (χ4n) is 4.29. The van der Waals surface area contributed by atoms with Crippen LogP contribution in [0.15, 0.2) is 16.9 Å². The van der Waals surface area contributed by atoms with Crippen LogP contribution in [0.3, 0.4) is 0 Å². The minimum absolute atomic E-state index is 0.144. The van der Waals surface area contributed by atoms with Gasteiger partial charge < -0.3 is 30.1 Å². The summed E-state index contributed by atoms with van der Waals surface area (Å²) in [6, 6.07) is 3.62. The highest BCUT2D eigenvalue weighted by Crippen LogP contribution is 2.38. The third-order valence-corrected chi connectivity index (χ3v) is 5.84. The highest BCUT2D eigenvalue weighted by molar-refractivity contribution is 5.94. The molecule has 2 fully saturated rings. The largest absolute Gasteiger partial charge is 0.481 e. The minimum Gasteiger partial charge on any atom is -0.481 e. The van der Waals surface area contributed by atoms with Crippen LogP contribution in [0.25, 0.3) is 0 Å². The number of carbonyl (C=O) groups is 3. The van der Waals surface area contributed by atoms with Gasteiger partial charge in [0.25, 0.3) is 23.4 Å². The average molecular weight is 468 g/mol. The van der Waals surface area contributed by atoms with E-state index in [4.69, 9.17) is 19.8 Å². The van der Waals surface area contributed by atoms with Crippen LogP contribution in [0.1, 0.15) is 62.5 Å². The average Bonchev–Trinajstić information content (AvgIpc) is 3.08. The summed E-state index contributed by atoms with van der Waals surface area (Å²) in [6.07, 6.45) is 1.27. The van der Waals surface area contributed by atoms with Crippen molar-refractivity contribution >= 4 is 17.8 Å². The Morgan fingerprint density at radius 1 is 1.03 bits per heavy atom. The van der Waals surface area contributed by atoms with E-state index in [-0.39, 0.29) is 35.1 Å². The summed E-state index contributed by atoms with van der Waals surface area (Å²) in [6.45, 7) is 7.48. The van der Waals surface area contributed by atoms with E-state index in [1.807, 2.05) is 34.0 Å². The summed E-state index contributed by atoms with van der Waals surface area (Å²) in [5, 5.41) is 25.2. The Bertz CT molecular complexity index is 861. The van der Waals surface area contributed by atoms with Crippen molar-refractivity contribution < 1.29 is 29.7 Å². The number of nitrogens with zero attached hydrogens (tertiary/aromatic N) is 2. The molecule has 33 heavy (non-hydrogen) atoms. The molecule has 1 aliphatic heterocycles. The fraction of sp³-hybridized carbons (Fsp3) is 0.652. The lowest BCUT2D eigenvalue weighted by atomic mass is 9.77. The van der Waals surface area contributed by atoms with E-state index in [2.05, 4.69) is 9.88 Å². The van der Waals surface area contributed by atoms with E-state index in [9.17, 15) is 14.7 Å². The summed E-state index contributed by atoms with van der Waals surface area (Å²) in [4.78, 5) is 49.8. The monoisotopic (exact) mass is 467 g/mol. The van der Waals surface area contributed by atoms with Crippen LogP contribution < -0.4 is 5.56 Å². The number of H-pyrrole nitrogens is 1. The smallest absolute Gasteiger partial charge is 0.300 e. The van der Waals surface area contributed by atoms with E-state index in [0.717, 1.165) is 32.4 Å². The Morgan fingerprint density at radius 2 is 1.52 bits per heavy atom. The number of carboxylic acids is 2. The van der Waals surface area contributed by atoms with Gasteiger partial charge in [-0.1, -0.05) is 13.8 Å². The number of likely N-dealkylation sites (tertiary alicyclic amines) is 1. The van der Waals surface area contributed by atoms with Crippen LogP contribution in [0, 0.1) is 11.8 Å². The predicted molar refractivity (Wildman–Crippen MR) is 123 cm³/mol. The number of aromatic amines is 1. The second kappa shape index (κ2) is 12.5. The first-order valence-corrected chi connectivity index (χ1v) is 11.0. The van der Waals surface area contributed by atoms with E-state index in [1.165, 1.54) is 0 Å². The number of amides is 1. The molecule has 1 aliphatic carbocycles. The van der Waals surface area contributed by atoms with E-state index >= 15 is 0 Å². The molecule has 4 atom stereocenters. The lowest BCUT2D eigenvalue weighted by Crippen LogP contribution is -2.46. The number of rotatable bonds is 3. The number of hydrogen-bond donors (Lipinski definition) is 4. The van der Waals surface area contributed by atoms with Crippen LogP contribution in [-0.4, -0.2) is 87.3 Å². The second-order valence-corrected chi connectivity index (χ2v) is 9.15. The van der Waals surface area contributed by atoms with Gasteiger partial charge in [-0.25, -0.2) is 0 Å². The van der Waals surface area contributed by atoms with Crippen molar-refractivity contribution in [2.45, 2.75) is 58.6 Å². The Labute approximate surface area is 194 Å². The number of hydrogen-bond acceptors (Lipinski definition) is 6. The van der Waals surface area contributed by atoms with Crippen molar-refractivity contribution in [2.75, 3.05) is 27.2 Å². The maximum Gasteiger partial charge on any atom is 0.300 e. The number of aliphatic hydroxyl groups is 1. The molecule has 0 spiro atoms. The molecule has 4 N–H and O–H groups in total. The molecule has 3 rings (SSSR count). The maximum absolute atomic E-state index is 12.8. The van der Waals surface area contributed by atoms with Gasteiger partial charge in [-0.3, -0.25) is 19.2 Å². The molecular weight excluding hydrogens is 430 g/mol. The fourth-order valence-corrected chi connectivity index (χ4v) is 4.29. The first kappa shape index (κ1) is 28.3. The summed E-state index contributed by atoms with van der Waals surface area (Å²) < 4.78 is 0. The lowest BCUT2D eigenvalue weighted by Gasteiger charge is -2.38. The number of nitrogens with one attached hydrogen (secondary N) is 1. The maximum atomic E-state index is 12.8. The standard InChI is InChI=1S/C19H29N3O3.2C2H4O2/c1-11(2)15-6-5-14(18(24)20-15)19(25)22-9-12-7-16(21(3)4)17(23)8-13(12)10-22;2*1-2(3)4/h5-6,11-13,16-17,23H,7-10H2,1-4H3,(H,20,24);2*1H3,(H,3,4)/t12-,13+,16-,17-;;/m1../s1. The van der Waals surface area contributed by atoms with E-state index < -0.39 is 11.9 Å². The van der Waals surface area contributed by atoms with Gasteiger partial charge in [0.1, 0.15) is 5.56 Å². The third kappa shape index (κ3) is 8.62. The Kier molecular flexibility index (Phi) is 10.7. The summed E-state index contributed by atoms with van der Waals surface area (Å²) >= 11 is 0. The Morgan fingerprint density at radius 3 is 1.94 bits per heavy atom. The van der Waals surface area contributed by atoms with Gasteiger partial charge >= 0.3 is 0 Å². The van der Waals surface area contributed by atoms with E-state index in [0.29, 0.717) is 24.9 Å². The number of aliphatic carboxylic acids is 2. The van der Waals surface area contributed by atoms with Gasteiger partial charge in [-0.2, -0.15) is 0 Å². The summed E-state index contributed by atoms with van der Waals surface area (Å²) in [5.41, 5.74) is 0.749. The number of pyridine rings is 1. The van der Waals surface area contributed by atoms with Gasteiger partial charge in [-0.15, -0.1) is 0 Å². The van der Waals surface area contributed by atoms with Crippen molar-refractivity contribution in [2.24, 2.45) is 11.8 Å². The van der Waals surface area contributed by atoms with Crippen LogP contribution in [0.5, 0.6) is 0 Å². The van der Waals surface area contributed by atoms with Crippen molar-refractivity contribution in [1.29, 1.82) is 0 Å². The highest BCUT2D eigenvalue weighted by Gasteiger charge is 2.43. The van der Waals surface area contributed by atoms with Crippen LogP contribution in [-0.2, 0) is 9.59 Å². The number of fused-ring (bicyclic) bond motifs is 1. The lowest BCUT2D eigenvalue weighted by molar-refractivity contribution is -0.135. The van der Waals surface area contributed by atoms with Gasteiger partial charge in [0, 0.05) is 38.7 Å². The zero-order chi connectivity index (χ0) is 25.5. The van der Waals surface area contributed by atoms with Gasteiger partial charge in [0.2, 0.25) is 0 Å². The zero-order valence-electron chi connectivity index (χ0n) is 20.2. The molecule has 1 saturated carbocycles. The van der Waals surface area contributed by atoms with Crippen molar-refractivity contribution in [3.8, 4) is 0 Å². The Balaban J connectivity index is 0.000000591. The summed E-state index contributed by atoms with van der Waals surface area (Å²) in [7, 11) is 3.98. The molecular formula is C23H37N3O7. The third-order valence-electron chi connectivity index (χ3n) is 5.84. The quantitative estimate of drug-likeness (QED) is 0.521. The normalized spacial score (nSPS) is 23.7. The highest BCUT2D eigenvalue weighted by atomic mass is 16.4. The molecule has 0 bridgehead atoms. The number of aliphatic hydroxyl groups excluding tert-OH is 1. The Hall–Kier alpha value is -2.72. The molecule has 1 saturated heterocycles. The number of carboxylic acid groups (broad SMARTS) is 2. The SMILES string of the molecule is CC(=O)O.CC(=O)O.CC(C)c1ccc(C(=O)N2C[C@H]3C[C@@H](N(C)C)[C@H](O)C[C@H]3C2)c(=O)[nH]1. The molecule has 1 amide bonds. The van der Waals surface area contributed by atoms with Crippen molar-refractivity contribution in [3.63, 3.8) is 0 Å². The van der Waals surface area contributed by atoms with Crippen molar-refractivity contribution in [1.82, 2.24) is 14.8 Å². The molecule has 10 heteroatoms. The van der Waals surface area contributed by atoms with Crippen molar-refractivity contribution in [3.05, 3.63) is 33.7 Å². The zero-order valence-corrected chi connectivity index (χ0v) is 20.2. The first-order valence-electron chi connectivity index (χ1n) is 11.0. The van der Waals surface area contributed by atoms with Gasteiger partial charge in [0.05, 0.1) is 6.10 Å². The molecule has 2 heterocycles. The van der Waals surface area contributed by atoms with Crippen LogP contribution >= 0.6 is 0 Å². The second-order valence-electron chi connectivity index (χ2n) is 9.15. The van der Waals surface area contributed by atoms with E-state index in [1.54, 1.807) is 11.0 Å². The first-order chi connectivity index (χ1) is 15.2. The molecule has 10 nitrogen and oxygen atoms in total. The molecule has 1 aromatic rings. The predicted octanol–water partition coefficient (Wildman–Crippen LogP) is 1.45. The van der Waals surface area contributed by atoms with Gasteiger partial charge in [0.15, 0.2) is 0 Å².